The van der Waals surface area contributed by atoms with Crippen molar-refractivity contribution in [3.63, 3.8) is 0 Å². The van der Waals surface area contributed by atoms with E-state index in [1.54, 1.807) is 24.3 Å². The molecular formula is C15H10N2O4. The van der Waals surface area contributed by atoms with Crippen LogP contribution < -0.4 is 4.74 Å². The van der Waals surface area contributed by atoms with Crippen LogP contribution in [0.25, 0.3) is 0 Å². The SMILES string of the molecule is N#Cc1ccccc1COc1ccc([N+](=O)[O-])cc1C=O. The van der Waals surface area contributed by atoms with Gasteiger partial charge in [0.15, 0.2) is 6.29 Å². The van der Waals surface area contributed by atoms with E-state index in [1.807, 2.05) is 6.07 Å². The first kappa shape index (κ1) is 14.2. The van der Waals surface area contributed by atoms with Gasteiger partial charge in [0, 0.05) is 17.7 Å². The van der Waals surface area contributed by atoms with Crippen LogP contribution in [0.1, 0.15) is 21.5 Å². The minimum atomic E-state index is -0.582. The third-order valence-corrected chi connectivity index (χ3v) is 2.85. The smallest absolute Gasteiger partial charge is 0.270 e. The summed E-state index contributed by atoms with van der Waals surface area (Å²) < 4.78 is 5.49. The number of ether oxygens (including phenoxy) is 1. The Labute approximate surface area is 120 Å². The van der Waals surface area contributed by atoms with Crippen LogP contribution >= 0.6 is 0 Å². The first-order valence-corrected chi connectivity index (χ1v) is 6.00. The molecule has 0 N–H and O–H groups in total. The van der Waals surface area contributed by atoms with Crippen LogP contribution in [0.4, 0.5) is 5.69 Å². The van der Waals surface area contributed by atoms with Gasteiger partial charge in [0.1, 0.15) is 12.4 Å². The molecule has 2 rings (SSSR count). The number of nitriles is 1. The van der Waals surface area contributed by atoms with E-state index in [2.05, 4.69) is 0 Å². The number of hydrogen-bond donors (Lipinski definition) is 0. The monoisotopic (exact) mass is 282 g/mol. The molecule has 0 aliphatic heterocycles. The van der Waals surface area contributed by atoms with Crippen LogP contribution in [-0.2, 0) is 6.61 Å². The Morgan fingerprint density at radius 3 is 2.71 bits per heavy atom. The van der Waals surface area contributed by atoms with Gasteiger partial charge in [-0.3, -0.25) is 14.9 Å². The van der Waals surface area contributed by atoms with Gasteiger partial charge >= 0.3 is 0 Å². The second-order valence-electron chi connectivity index (χ2n) is 4.15. The molecule has 0 unspecified atom stereocenters. The highest BCUT2D eigenvalue weighted by Gasteiger charge is 2.12. The van der Waals surface area contributed by atoms with Gasteiger partial charge in [0.05, 0.1) is 22.1 Å². The zero-order valence-electron chi connectivity index (χ0n) is 10.9. The van der Waals surface area contributed by atoms with E-state index in [9.17, 15) is 14.9 Å². The molecule has 0 aliphatic carbocycles. The van der Waals surface area contributed by atoms with Crippen LogP contribution in [0.3, 0.4) is 0 Å². The number of aldehydes is 1. The van der Waals surface area contributed by atoms with Gasteiger partial charge < -0.3 is 4.74 Å². The van der Waals surface area contributed by atoms with E-state index in [0.717, 1.165) is 6.07 Å². The molecule has 0 saturated carbocycles. The molecule has 0 atom stereocenters. The number of carbonyl (C=O) groups excluding carboxylic acids is 1. The predicted octanol–water partition coefficient (Wildman–Crippen LogP) is 2.86. The molecule has 0 radical (unpaired) electrons. The summed E-state index contributed by atoms with van der Waals surface area (Å²) in [6, 6.07) is 12.7. The van der Waals surface area contributed by atoms with E-state index in [4.69, 9.17) is 10.00 Å². The second kappa shape index (κ2) is 6.30. The number of hydrogen-bond acceptors (Lipinski definition) is 5. The highest BCUT2D eigenvalue weighted by molar-refractivity contribution is 5.80. The topological polar surface area (TPSA) is 93.2 Å². The molecule has 0 amide bonds. The highest BCUT2D eigenvalue weighted by Crippen LogP contribution is 2.24. The number of nitro benzene ring substituents is 1. The van der Waals surface area contributed by atoms with E-state index >= 15 is 0 Å². The minimum absolute atomic E-state index is 0.0960. The van der Waals surface area contributed by atoms with Crippen molar-refractivity contribution in [2.75, 3.05) is 0 Å². The molecule has 6 heteroatoms. The lowest BCUT2D eigenvalue weighted by atomic mass is 10.1. The standard InChI is InChI=1S/C15H10N2O4/c16-8-11-3-1-2-4-12(11)10-21-15-6-5-14(17(19)20)7-13(15)9-18/h1-7,9H,10H2. The zero-order valence-corrected chi connectivity index (χ0v) is 10.9. The number of carbonyl (C=O) groups is 1. The Hall–Kier alpha value is -3.20. The van der Waals surface area contributed by atoms with Crippen LogP contribution in [0.15, 0.2) is 42.5 Å². The third-order valence-electron chi connectivity index (χ3n) is 2.85. The first-order valence-electron chi connectivity index (χ1n) is 6.00. The van der Waals surface area contributed by atoms with Crippen LogP contribution in [0.2, 0.25) is 0 Å². The summed E-state index contributed by atoms with van der Waals surface area (Å²) in [6.45, 7) is 0.0996. The van der Waals surface area contributed by atoms with Gasteiger partial charge in [-0.25, -0.2) is 0 Å². The number of nitro groups is 1. The van der Waals surface area contributed by atoms with Gasteiger partial charge in [-0.1, -0.05) is 18.2 Å². The van der Waals surface area contributed by atoms with E-state index in [-0.39, 0.29) is 23.6 Å². The lowest BCUT2D eigenvalue weighted by Crippen LogP contribution is -2.01. The van der Waals surface area contributed by atoms with Gasteiger partial charge in [0.2, 0.25) is 0 Å². The molecule has 21 heavy (non-hydrogen) atoms. The summed E-state index contributed by atoms with van der Waals surface area (Å²) >= 11 is 0. The average Bonchev–Trinajstić information content (AvgIpc) is 2.52. The number of rotatable bonds is 5. The molecule has 0 aromatic heterocycles. The summed E-state index contributed by atoms with van der Waals surface area (Å²) in [5, 5.41) is 19.6. The molecule has 0 bridgehead atoms. The zero-order chi connectivity index (χ0) is 15.2. The Morgan fingerprint density at radius 1 is 1.29 bits per heavy atom. The number of non-ortho nitro benzene ring substituents is 1. The third kappa shape index (κ3) is 3.22. The Kier molecular flexibility index (Phi) is 4.26. The predicted molar refractivity (Wildman–Crippen MR) is 74.0 cm³/mol. The summed E-state index contributed by atoms with van der Waals surface area (Å²) in [4.78, 5) is 21.1. The van der Waals surface area contributed by atoms with Crippen molar-refractivity contribution in [2.24, 2.45) is 0 Å². The molecule has 0 saturated heterocycles. The van der Waals surface area contributed by atoms with Crippen molar-refractivity contribution in [1.82, 2.24) is 0 Å². The lowest BCUT2D eigenvalue weighted by molar-refractivity contribution is -0.384. The molecule has 0 spiro atoms. The Morgan fingerprint density at radius 2 is 2.05 bits per heavy atom. The quantitative estimate of drug-likeness (QED) is 0.477. The van der Waals surface area contributed by atoms with Crippen molar-refractivity contribution in [3.8, 4) is 11.8 Å². The lowest BCUT2D eigenvalue weighted by Gasteiger charge is -2.09. The van der Waals surface area contributed by atoms with Gasteiger partial charge in [-0.2, -0.15) is 5.26 Å². The summed E-state index contributed by atoms with van der Waals surface area (Å²) in [5.74, 6) is 0.239. The fourth-order valence-electron chi connectivity index (χ4n) is 1.78. The van der Waals surface area contributed by atoms with Crippen LogP contribution in [0, 0.1) is 21.4 Å². The minimum Gasteiger partial charge on any atom is -0.488 e. The fourth-order valence-corrected chi connectivity index (χ4v) is 1.78. The summed E-state index contributed by atoms with van der Waals surface area (Å²) in [5.41, 5.74) is 1.07. The average molecular weight is 282 g/mol. The maximum Gasteiger partial charge on any atom is 0.270 e. The van der Waals surface area contributed by atoms with Crippen molar-refractivity contribution in [3.05, 3.63) is 69.3 Å². The van der Waals surface area contributed by atoms with E-state index in [1.165, 1.54) is 12.1 Å². The number of nitrogens with zero attached hydrogens (tertiary/aromatic N) is 2. The maximum absolute atomic E-state index is 11.0. The normalized spacial score (nSPS) is 9.67. The van der Waals surface area contributed by atoms with Gasteiger partial charge in [-0.15, -0.1) is 0 Å². The van der Waals surface area contributed by atoms with Crippen LogP contribution in [0.5, 0.6) is 5.75 Å². The molecule has 2 aromatic rings. The van der Waals surface area contributed by atoms with E-state index in [0.29, 0.717) is 17.4 Å². The molecule has 2 aromatic carbocycles. The van der Waals surface area contributed by atoms with Gasteiger partial charge in [0.25, 0.3) is 5.69 Å². The van der Waals surface area contributed by atoms with Crippen molar-refractivity contribution < 1.29 is 14.5 Å². The van der Waals surface area contributed by atoms with Crippen LogP contribution in [-0.4, -0.2) is 11.2 Å². The molecule has 104 valence electrons. The maximum atomic E-state index is 11.0. The van der Waals surface area contributed by atoms with Crippen molar-refractivity contribution >= 4 is 12.0 Å². The summed E-state index contributed by atoms with van der Waals surface area (Å²) in [7, 11) is 0. The first-order chi connectivity index (χ1) is 10.2. The summed E-state index contributed by atoms with van der Waals surface area (Å²) in [6.07, 6.45) is 0.499. The molecular weight excluding hydrogens is 272 g/mol. The molecule has 6 nitrogen and oxygen atoms in total. The molecule has 0 heterocycles. The largest absolute Gasteiger partial charge is 0.488 e. The number of benzene rings is 2. The molecule has 0 fully saturated rings. The molecule has 0 aliphatic rings. The fraction of sp³-hybridized carbons (Fsp3) is 0.0667. The van der Waals surface area contributed by atoms with Crippen molar-refractivity contribution in [2.45, 2.75) is 6.61 Å². The van der Waals surface area contributed by atoms with Gasteiger partial charge in [-0.05, 0) is 12.1 Å². The second-order valence-corrected chi connectivity index (χ2v) is 4.15. The highest BCUT2D eigenvalue weighted by atomic mass is 16.6. The van der Waals surface area contributed by atoms with Crippen molar-refractivity contribution in [1.29, 1.82) is 5.26 Å². The van der Waals surface area contributed by atoms with E-state index < -0.39 is 4.92 Å². The Balaban J connectivity index is 2.22. The Bertz CT molecular complexity index is 735.